The summed E-state index contributed by atoms with van der Waals surface area (Å²) in [6.45, 7) is 2.84. The van der Waals surface area contributed by atoms with Crippen LogP contribution in [0.25, 0.3) is 0 Å². The lowest BCUT2D eigenvalue weighted by atomic mass is 10.1. The van der Waals surface area contributed by atoms with Gasteiger partial charge >= 0.3 is 6.18 Å². The highest BCUT2D eigenvalue weighted by atomic mass is 19.4. The van der Waals surface area contributed by atoms with Crippen molar-refractivity contribution in [3.8, 4) is 0 Å². The molecule has 1 amide bonds. The second-order valence-electron chi connectivity index (χ2n) is 5.76. The van der Waals surface area contributed by atoms with Crippen molar-refractivity contribution >= 4 is 5.91 Å². The molecule has 122 valence electrons. The number of benzene rings is 1. The van der Waals surface area contributed by atoms with Gasteiger partial charge in [0, 0.05) is 13.1 Å². The first-order valence-corrected chi connectivity index (χ1v) is 7.49. The molecule has 1 aliphatic heterocycles. The van der Waals surface area contributed by atoms with Gasteiger partial charge in [0.1, 0.15) is 0 Å². The van der Waals surface area contributed by atoms with E-state index in [2.05, 4.69) is 5.32 Å². The van der Waals surface area contributed by atoms with Crippen molar-refractivity contribution in [1.82, 2.24) is 10.2 Å². The lowest BCUT2D eigenvalue weighted by Crippen LogP contribution is -2.44. The summed E-state index contributed by atoms with van der Waals surface area (Å²) in [6.07, 6.45) is -3.65. The van der Waals surface area contributed by atoms with E-state index in [4.69, 9.17) is 0 Å². The highest BCUT2D eigenvalue weighted by Crippen LogP contribution is 2.24. The fourth-order valence-electron chi connectivity index (χ4n) is 2.67. The van der Waals surface area contributed by atoms with Crippen molar-refractivity contribution in [2.75, 3.05) is 13.1 Å². The Morgan fingerprint density at radius 1 is 1.32 bits per heavy atom. The van der Waals surface area contributed by atoms with Crippen LogP contribution in [0.5, 0.6) is 0 Å². The summed E-state index contributed by atoms with van der Waals surface area (Å²) >= 11 is 0. The number of hydrogen-bond donors (Lipinski definition) is 1. The second-order valence-corrected chi connectivity index (χ2v) is 5.76. The summed E-state index contributed by atoms with van der Waals surface area (Å²) in [5.74, 6) is -0.180. The SMILES string of the molecule is Cc1ccc(CNC(=O)[C@H]2CCCN2CCC(F)(F)F)cc1. The Bertz CT molecular complexity index is 499. The van der Waals surface area contributed by atoms with Crippen LogP contribution in [0.15, 0.2) is 24.3 Å². The van der Waals surface area contributed by atoms with E-state index in [1.807, 2.05) is 31.2 Å². The Balaban J connectivity index is 1.84. The highest BCUT2D eigenvalue weighted by Gasteiger charge is 2.34. The topological polar surface area (TPSA) is 32.3 Å². The van der Waals surface area contributed by atoms with Crippen molar-refractivity contribution in [2.45, 2.75) is 44.9 Å². The molecule has 1 saturated heterocycles. The van der Waals surface area contributed by atoms with Gasteiger partial charge in [0.2, 0.25) is 5.91 Å². The third-order valence-electron chi connectivity index (χ3n) is 3.94. The maximum Gasteiger partial charge on any atom is 0.390 e. The molecule has 0 unspecified atom stereocenters. The number of aryl methyl sites for hydroxylation is 1. The molecule has 22 heavy (non-hydrogen) atoms. The summed E-state index contributed by atoms with van der Waals surface area (Å²) < 4.78 is 36.9. The first-order valence-electron chi connectivity index (χ1n) is 7.49. The molecule has 6 heteroatoms. The van der Waals surface area contributed by atoms with Crippen molar-refractivity contribution < 1.29 is 18.0 Å². The number of halogens is 3. The molecule has 0 radical (unpaired) electrons. The number of likely N-dealkylation sites (tertiary alicyclic amines) is 1. The number of hydrogen-bond acceptors (Lipinski definition) is 2. The summed E-state index contributed by atoms with van der Waals surface area (Å²) in [5, 5.41) is 2.83. The molecule has 0 saturated carbocycles. The largest absolute Gasteiger partial charge is 0.390 e. The minimum absolute atomic E-state index is 0.105. The zero-order valence-corrected chi connectivity index (χ0v) is 12.6. The summed E-state index contributed by atoms with van der Waals surface area (Å²) in [5.41, 5.74) is 2.13. The van der Waals surface area contributed by atoms with E-state index < -0.39 is 18.6 Å². The second kappa shape index (κ2) is 7.13. The van der Waals surface area contributed by atoms with Crippen LogP contribution in [0.4, 0.5) is 13.2 Å². The van der Waals surface area contributed by atoms with Crippen LogP contribution in [-0.2, 0) is 11.3 Å². The van der Waals surface area contributed by atoms with Crippen LogP contribution in [0.1, 0.15) is 30.4 Å². The molecular formula is C16H21F3N2O. The van der Waals surface area contributed by atoms with Gasteiger partial charge in [-0.1, -0.05) is 29.8 Å². The molecule has 0 bridgehead atoms. The Kier molecular flexibility index (Phi) is 5.45. The quantitative estimate of drug-likeness (QED) is 0.906. The molecule has 1 aliphatic rings. The van der Waals surface area contributed by atoms with Crippen LogP contribution in [0.2, 0.25) is 0 Å². The maximum absolute atomic E-state index is 12.3. The molecule has 2 rings (SSSR count). The number of amides is 1. The third-order valence-corrected chi connectivity index (χ3v) is 3.94. The molecule has 1 N–H and O–H groups in total. The van der Waals surface area contributed by atoms with Gasteiger partial charge in [-0.2, -0.15) is 13.2 Å². The van der Waals surface area contributed by atoms with Crippen molar-refractivity contribution in [1.29, 1.82) is 0 Å². The lowest BCUT2D eigenvalue weighted by molar-refractivity contribution is -0.141. The van der Waals surface area contributed by atoms with Gasteiger partial charge in [-0.3, -0.25) is 9.69 Å². The van der Waals surface area contributed by atoms with E-state index in [-0.39, 0.29) is 12.5 Å². The van der Waals surface area contributed by atoms with E-state index in [0.717, 1.165) is 17.5 Å². The molecule has 0 spiro atoms. The lowest BCUT2D eigenvalue weighted by Gasteiger charge is -2.24. The van der Waals surface area contributed by atoms with E-state index in [0.29, 0.717) is 19.5 Å². The van der Waals surface area contributed by atoms with Gasteiger partial charge in [-0.15, -0.1) is 0 Å². The standard InChI is InChI=1S/C16H21F3N2O/c1-12-4-6-13(7-5-12)11-20-15(22)14-3-2-9-21(14)10-8-16(17,18)19/h4-7,14H,2-3,8-11H2,1H3,(H,20,22)/t14-/m1/s1. The Labute approximate surface area is 128 Å². The average Bonchev–Trinajstić information content (AvgIpc) is 2.92. The zero-order chi connectivity index (χ0) is 16.2. The Morgan fingerprint density at radius 2 is 2.00 bits per heavy atom. The predicted molar refractivity (Wildman–Crippen MR) is 78.3 cm³/mol. The normalized spacial score (nSPS) is 19.4. The van der Waals surface area contributed by atoms with Crippen LogP contribution in [0.3, 0.4) is 0 Å². The molecule has 3 nitrogen and oxygen atoms in total. The fourth-order valence-corrected chi connectivity index (χ4v) is 2.67. The number of nitrogens with zero attached hydrogens (tertiary/aromatic N) is 1. The van der Waals surface area contributed by atoms with Crippen LogP contribution in [-0.4, -0.2) is 36.1 Å². The summed E-state index contributed by atoms with van der Waals surface area (Å²) in [7, 11) is 0. The number of rotatable bonds is 5. The first-order chi connectivity index (χ1) is 10.3. The average molecular weight is 314 g/mol. The zero-order valence-electron chi connectivity index (χ0n) is 12.6. The first kappa shape index (κ1) is 16.8. The molecule has 1 aromatic carbocycles. The van der Waals surface area contributed by atoms with E-state index in [9.17, 15) is 18.0 Å². The van der Waals surface area contributed by atoms with Crippen molar-refractivity contribution in [3.63, 3.8) is 0 Å². The molecule has 1 fully saturated rings. The fraction of sp³-hybridized carbons (Fsp3) is 0.562. The van der Waals surface area contributed by atoms with E-state index >= 15 is 0 Å². The number of carbonyl (C=O) groups excluding carboxylic acids is 1. The molecule has 1 aromatic rings. The van der Waals surface area contributed by atoms with Crippen LogP contribution in [0, 0.1) is 6.92 Å². The van der Waals surface area contributed by atoms with Gasteiger partial charge in [0.25, 0.3) is 0 Å². The molecular weight excluding hydrogens is 293 g/mol. The van der Waals surface area contributed by atoms with Crippen molar-refractivity contribution in [3.05, 3.63) is 35.4 Å². The Hall–Kier alpha value is -1.56. The van der Waals surface area contributed by atoms with E-state index in [1.165, 1.54) is 0 Å². The number of carbonyl (C=O) groups is 1. The minimum Gasteiger partial charge on any atom is -0.351 e. The highest BCUT2D eigenvalue weighted by molar-refractivity contribution is 5.82. The molecule has 0 aromatic heterocycles. The number of nitrogens with one attached hydrogen (secondary N) is 1. The molecule has 0 aliphatic carbocycles. The predicted octanol–water partition coefficient (Wildman–Crippen LogP) is 3.03. The third kappa shape index (κ3) is 5.02. The minimum atomic E-state index is -4.18. The molecule has 1 atom stereocenters. The summed E-state index contributed by atoms with van der Waals surface area (Å²) in [6, 6.07) is 7.37. The van der Waals surface area contributed by atoms with Gasteiger partial charge in [-0.25, -0.2) is 0 Å². The van der Waals surface area contributed by atoms with Crippen molar-refractivity contribution in [2.24, 2.45) is 0 Å². The van der Waals surface area contributed by atoms with Gasteiger partial charge in [0.15, 0.2) is 0 Å². The van der Waals surface area contributed by atoms with Crippen LogP contribution >= 0.6 is 0 Å². The van der Waals surface area contributed by atoms with Gasteiger partial charge in [-0.05, 0) is 31.9 Å². The smallest absolute Gasteiger partial charge is 0.351 e. The maximum atomic E-state index is 12.3. The molecule has 1 heterocycles. The Morgan fingerprint density at radius 3 is 2.64 bits per heavy atom. The summed E-state index contributed by atoms with van der Waals surface area (Å²) in [4.78, 5) is 13.8. The monoisotopic (exact) mass is 314 g/mol. The van der Waals surface area contributed by atoms with Crippen LogP contribution < -0.4 is 5.32 Å². The number of alkyl halides is 3. The van der Waals surface area contributed by atoms with E-state index in [1.54, 1.807) is 4.90 Å². The van der Waals surface area contributed by atoms with Gasteiger partial charge in [0.05, 0.1) is 12.5 Å². The van der Waals surface area contributed by atoms with Gasteiger partial charge < -0.3 is 5.32 Å².